The number of sulfonamides is 1. The molecule has 0 saturated carbocycles. The van der Waals surface area contributed by atoms with Crippen molar-refractivity contribution in [3.05, 3.63) is 54.1 Å². The monoisotopic (exact) mass is 561 g/mol. The van der Waals surface area contributed by atoms with E-state index in [4.69, 9.17) is 0 Å². The predicted octanol–water partition coefficient (Wildman–Crippen LogP) is 4.02. The molecule has 0 saturated heterocycles. The Balaban J connectivity index is 2.16. The molecule has 0 unspecified atom stereocenters. The van der Waals surface area contributed by atoms with E-state index >= 15 is 0 Å². The molecule has 0 fully saturated rings. The molecular formula is C28H39N3O5S2. The lowest BCUT2D eigenvalue weighted by Gasteiger charge is -2.24. The van der Waals surface area contributed by atoms with Gasteiger partial charge in [0.1, 0.15) is 0 Å². The highest BCUT2D eigenvalue weighted by atomic mass is 32.2. The molecule has 8 nitrogen and oxygen atoms in total. The molecule has 0 spiro atoms. The third kappa shape index (κ3) is 9.47. The number of nitrogens with one attached hydrogen (secondary N) is 2. The average molecular weight is 562 g/mol. The van der Waals surface area contributed by atoms with Gasteiger partial charge in [-0.3, -0.25) is 14.4 Å². The van der Waals surface area contributed by atoms with Crippen LogP contribution < -0.4 is 10.0 Å². The van der Waals surface area contributed by atoms with Gasteiger partial charge in [0.15, 0.2) is 0 Å². The number of carbonyl (C=O) groups excluding carboxylic acids is 3. The molecule has 2 rings (SSSR count). The summed E-state index contributed by atoms with van der Waals surface area (Å²) in [7, 11) is -4.01. The fraction of sp³-hybridized carbons (Fsp3) is 0.464. The predicted molar refractivity (Wildman–Crippen MR) is 153 cm³/mol. The maximum Gasteiger partial charge on any atom is 0.264 e. The van der Waals surface area contributed by atoms with E-state index in [0.717, 1.165) is 25.3 Å². The van der Waals surface area contributed by atoms with E-state index in [9.17, 15) is 22.8 Å². The summed E-state index contributed by atoms with van der Waals surface area (Å²) in [6.07, 6.45) is 1.89. The summed E-state index contributed by atoms with van der Waals surface area (Å²) in [5.74, 6) is -0.00285. The lowest BCUT2D eigenvalue weighted by atomic mass is 9.98. The molecule has 0 bridgehead atoms. The van der Waals surface area contributed by atoms with E-state index in [1.54, 1.807) is 35.2 Å². The van der Waals surface area contributed by atoms with Gasteiger partial charge in [0.05, 0.1) is 4.90 Å². The quantitative estimate of drug-likeness (QED) is 0.302. The Morgan fingerprint density at radius 2 is 1.68 bits per heavy atom. The minimum Gasteiger partial charge on any atom is -0.354 e. The first-order valence-corrected chi connectivity index (χ1v) is 15.0. The molecule has 0 aliphatic carbocycles. The molecule has 0 radical (unpaired) electrons. The van der Waals surface area contributed by atoms with Crippen molar-refractivity contribution in [3.63, 3.8) is 0 Å². The van der Waals surface area contributed by atoms with Crippen LogP contribution in [0, 0.1) is 11.8 Å². The van der Waals surface area contributed by atoms with Crippen LogP contribution in [0.25, 0.3) is 11.1 Å². The van der Waals surface area contributed by atoms with Crippen LogP contribution in [0.15, 0.2) is 53.4 Å². The number of nitrogens with zero attached hydrogens (tertiary/aromatic N) is 1. The Kier molecular flexibility index (Phi) is 12.3. The molecular weight excluding hydrogens is 522 g/mol. The first-order valence-electron chi connectivity index (χ1n) is 12.9. The minimum atomic E-state index is -4.01. The molecule has 38 heavy (non-hydrogen) atoms. The van der Waals surface area contributed by atoms with Gasteiger partial charge < -0.3 is 10.2 Å². The number of hydrogen-bond donors (Lipinski definition) is 3. The molecule has 0 aromatic heterocycles. The molecule has 2 N–H and O–H groups in total. The Morgan fingerprint density at radius 1 is 1.03 bits per heavy atom. The number of benzene rings is 2. The van der Waals surface area contributed by atoms with Crippen LogP contribution in [-0.4, -0.2) is 49.9 Å². The second-order valence-electron chi connectivity index (χ2n) is 9.72. The van der Waals surface area contributed by atoms with Gasteiger partial charge in [0.25, 0.3) is 10.0 Å². The van der Waals surface area contributed by atoms with Gasteiger partial charge >= 0.3 is 0 Å². The summed E-state index contributed by atoms with van der Waals surface area (Å²) in [6, 6.07) is 13.8. The van der Waals surface area contributed by atoms with Crippen molar-refractivity contribution in [3.8, 4) is 11.1 Å². The van der Waals surface area contributed by atoms with E-state index in [1.807, 2.05) is 23.8 Å². The number of hydrogen-bond acceptors (Lipinski definition) is 6. The minimum absolute atomic E-state index is 0.00509. The van der Waals surface area contributed by atoms with Crippen LogP contribution in [-0.2, 0) is 31.0 Å². The zero-order valence-electron chi connectivity index (χ0n) is 22.6. The van der Waals surface area contributed by atoms with Gasteiger partial charge in [-0.05, 0) is 36.0 Å². The van der Waals surface area contributed by atoms with Crippen LogP contribution in [0.4, 0.5) is 0 Å². The molecule has 2 aromatic carbocycles. The third-order valence-corrected chi connectivity index (χ3v) is 7.87. The smallest absolute Gasteiger partial charge is 0.264 e. The summed E-state index contributed by atoms with van der Waals surface area (Å²) in [5.41, 5.74) is 2.01. The highest BCUT2D eigenvalue weighted by molar-refractivity contribution is 7.90. The fourth-order valence-electron chi connectivity index (χ4n) is 4.15. The maximum absolute atomic E-state index is 12.8. The molecule has 2 aromatic rings. The molecule has 0 aliphatic rings. The summed E-state index contributed by atoms with van der Waals surface area (Å²) >= 11 is 4.31. The van der Waals surface area contributed by atoms with E-state index in [-0.39, 0.29) is 22.6 Å². The molecule has 208 valence electrons. The highest BCUT2D eigenvalue weighted by Gasteiger charge is 2.21. The zero-order valence-corrected chi connectivity index (χ0v) is 24.3. The zero-order chi connectivity index (χ0) is 28.3. The van der Waals surface area contributed by atoms with Gasteiger partial charge in [-0.25, -0.2) is 13.1 Å². The summed E-state index contributed by atoms with van der Waals surface area (Å²) < 4.78 is 27.3. The van der Waals surface area contributed by atoms with Crippen LogP contribution in [0.1, 0.15) is 52.5 Å². The van der Waals surface area contributed by atoms with Crippen molar-refractivity contribution in [2.45, 2.75) is 58.4 Å². The van der Waals surface area contributed by atoms with Crippen molar-refractivity contribution < 1.29 is 22.8 Å². The third-order valence-electron chi connectivity index (χ3n) is 5.94. The summed E-state index contributed by atoms with van der Waals surface area (Å²) in [4.78, 5) is 38.5. The largest absolute Gasteiger partial charge is 0.354 e. The summed E-state index contributed by atoms with van der Waals surface area (Å²) in [5, 5.41) is 2.95. The lowest BCUT2D eigenvalue weighted by molar-refractivity contribution is -0.132. The normalized spacial score (nSPS) is 12.2. The van der Waals surface area contributed by atoms with E-state index < -0.39 is 15.9 Å². The summed E-state index contributed by atoms with van der Waals surface area (Å²) in [6.45, 7) is 8.33. The SMILES string of the molecule is CCCC(=O)N(CCNC(=O)[C@@H](CS)CC(C)C)Cc1ccc(-c2ccccc2S(=O)(=O)NC(C)=O)cc1. The van der Waals surface area contributed by atoms with Gasteiger partial charge in [-0.1, -0.05) is 63.2 Å². The Labute approximate surface area is 232 Å². The van der Waals surface area contributed by atoms with Gasteiger partial charge in [-0.15, -0.1) is 0 Å². The topological polar surface area (TPSA) is 113 Å². The van der Waals surface area contributed by atoms with Crippen LogP contribution in [0.3, 0.4) is 0 Å². The van der Waals surface area contributed by atoms with E-state index in [1.165, 1.54) is 6.07 Å². The Morgan fingerprint density at radius 3 is 2.26 bits per heavy atom. The number of thiol groups is 1. The van der Waals surface area contributed by atoms with Crippen molar-refractivity contribution in [1.82, 2.24) is 14.9 Å². The Hall–Kier alpha value is -2.85. The Bertz CT molecular complexity index is 1200. The number of carbonyl (C=O) groups is 3. The van der Waals surface area contributed by atoms with Crippen molar-refractivity contribution in [2.75, 3.05) is 18.8 Å². The molecule has 3 amide bonds. The first kappa shape index (κ1) is 31.4. The van der Waals surface area contributed by atoms with Gasteiger partial charge in [0, 0.05) is 50.2 Å². The second kappa shape index (κ2) is 14.9. The first-order chi connectivity index (χ1) is 18.0. The van der Waals surface area contributed by atoms with Gasteiger partial charge in [-0.2, -0.15) is 12.6 Å². The number of rotatable bonds is 14. The fourth-order valence-corrected chi connectivity index (χ4v) is 5.69. The molecule has 10 heteroatoms. The van der Waals surface area contributed by atoms with Gasteiger partial charge in [0.2, 0.25) is 17.7 Å². The van der Waals surface area contributed by atoms with Crippen molar-refractivity contribution in [1.29, 1.82) is 0 Å². The highest BCUT2D eigenvalue weighted by Crippen LogP contribution is 2.27. The number of amides is 3. The van der Waals surface area contributed by atoms with E-state index in [2.05, 4.69) is 31.8 Å². The average Bonchev–Trinajstić information content (AvgIpc) is 2.86. The van der Waals surface area contributed by atoms with E-state index in [0.29, 0.717) is 48.9 Å². The van der Waals surface area contributed by atoms with Crippen LogP contribution in [0.5, 0.6) is 0 Å². The molecule has 0 aliphatic heterocycles. The van der Waals surface area contributed by atoms with Crippen LogP contribution >= 0.6 is 12.6 Å². The molecule has 1 atom stereocenters. The van der Waals surface area contributed by atoms with Crippen molar-refractivity contribution in [2.24, 2.45) is 11.8 Å². The van der Waals surface area contributed by atoms with Crippen LogP contribution in [0.2, 0.25) is 0 Å². The standard InChI is InChI=1S/C28H39N3O5S2/c1-5-8-27(33)31(16-15-29-28(34)24(19-37)17-20(2)3)18-22-11-13-23(14-12-22)25-9-6-7-10-26(25)38(35,36)30-21(4)32/h6-7,9-14,20,24,37H,5,8,15-19H2,1-4H3,(H,29,34)(H,30,32)/t24-/m1/s1. The maximum atomic E-state index is 12.8. The lowest BCUT2D eigenvalue weighted by Crippen LogP contribution is -2.40. The van der Waals surface area contributed by atoms with Crippen molar-refractivity contribution >= 4 is 40.4 Å². The molecule has 0 heterocycles. The second-order valence-corrected chi connectivity index (χ2v) is 11.7.